The van der Waals surface area contributed by atoms with Crippen molar-refractivity contribution < 1.29 is 20.1 Å². The monoisotopic (exact) mass is 638 g/mol. The fourth-order valence-electron chi connectivity index (χ4n) is 6.21. The summed E-state index contributed by atoms with van der Waals surface area (Å²) in [7, 11) is 0. The first kappa shape index (κ1) is 44.1. The van der Waals surface area contributed by atoms with Crippen molar-refractivity contribution >= 4 is 5.91 Å². The van der Waals surface area contributed by atoms with Crippen LogP contribution in [0, 0.1) is 0 Å². The van der Waals surface area contributed by atoms with E-state index in [1.165, 1.54) is 148 Å². The average Bonchev–Trinajstić information content (AvgIpc) is 3.04. The molecular weight excluding hydrogens is 558 g/mol. The molecule has 5 nitrogen and oxygen atoms in total. The molecule has 5 heteroatoms. The van der Waals surface area contributed by atoms with Crippen LogP contribution in [-0.2, 0) is 4.79 Å². The van der Waals surface area contributed by atoms with Gasteiger partial charge in [-0.2, -0.15) is 0 Å². The molecule has 4 N–H and O–H groups in total. The van der Waals surface area contributed by atoms with Gasteiger partial charge in [-0.1, -0.05) is 180 Å². The molecule has 3 atom stereocenters. The Morgan fingerprint density at radius 2 is 0.889 bits per heavy atom. The van der Waals surface area contributed by atoms with Crippen LogP contribution in [0.15, 0.2) is 12.2 Å². The van der Waals surface area contributed by atoms with Gasteiger partial charge in [0.1, 0.15) is 6.10 Å². The van der Waals surface area contributed by atoms with Crippen molar-refractivity contribution in [2.24, 2.45) is 0 Å². The minimum absolute atomic E-state index is 0.149. The number of amides is 1. The summed E-state index contributed by atoms with van der Waals surface area (Å²) >= 11 is 0. The molecule has 0 saturated heterocycles. The molecule has 0 rings (SSSR count). The Morgan fingerprint density at radius 3 is 1.29 bits per heavy atom. The van der Waals surface area contributed by atoms with Crippen molar-refractivity contribution in [2.45, 2.75) is 231 Å². The van der Waals surface area contributed by atoms with Gasteiger partial charge in [0.25, 0.3) is 0 Å². The molecule has 45 heavy (non-hydrogen) atoms. The van der Waals surface area contributed by atoms with Crippen LogP contribution >= 0.6 is 0 Å². The Kier molecular flexibility index (Phi) is 35.2. The van der Waals surface area contributed by atoms with Crippen LogP contribution in [0.5, 0.6) is 0 Å². The van der Waals surface area contributed by atoms with E-state index in [9.17, 15) is 20.1 Å². The Bertz CT molecular complexity index is 625. The molecule has 0 aromatic rings. The smallest absolute Gasteiger partial charge is 0.220 e. The van der Waals surface area contributed by atoms with E-state index in [1.54, 1.807) is 0 Å². The topological polar surface area (TPSA) is 89.8 Å². The number of rotatable bonds is 36. The number of aliphatic hydroxyl groups excluding tert-OH is 3. The molecule has 0 heterocycles. The summed E-state index contributed by atoms with van der Waals surface area (Å²) in [5, 5.41) is 33.4. The Balaban J connectivity index is 3.63. The van der Waals surface area contributed by atoms with Crippen LogP contribution in [0.4, 0.5) is 0 Å². The average molecular weight is 638 g/mol. The van der Waals surface area contributed by atoms with Crippen LogP contribution in [0.25, 0.3) is 0 Å². The van der Waals surface area contributed by atoms with Gasteiger partial charge in [-0.25, -0.2) is 0 Å². The second kappa shape index (κ2) is 35.9. The predicted molar refractivity (Wildman–Crippen MR) is 195 cm³/mol. The summed E-state index contributed by atoms with van der Waals surface area (Å²) in [5.41, 5.74) is 0. The number of aliphatic hydroxyl groups is 3. The molecule has 0 aromatic heterocycles. The number of hydrogen-bond donors (Lipinski definition) is 4. The zero-order valence-electron chi connectivity index (χ0n) is 30.3. The number of nitrogens with one attached hydrogen (secondary N) is 1. The maximum Gasteiger partial charge on any atom is 0.220 e. The molecular formula is C40H79NO4. The SMILES string of the molecule is CCCCCCCCCCC/C=C\CCCCCCCCCC(=O)NC(CO)C(O)C(O)CCCCCCCCCCCCC. The van der Waals surface area contributed by atoms with Gasteiger partial charge < -0.3 is 20.6 Å². The molecule has 0 radical (unpaired) electrons. The first-order valence-corrected chi connectivity index (χ1v) is 20.0. The highest BCUT2D eigenvalue weighted by Gasteiger charge is 2.26. The zero-order valence-corrected chi connectivity index (χ0v) is 30.3. The van der Waals surface area contributed by atoms with Crippen LogP contribution in [0.2, 0.25) is 0 Å². The van der Waals surface area contributed by atoms with E-state index in [2.05, 4.69) is 31.3 Å². The van der Waals surface area contributed by atoms with Gasteiger partial charge in [-0.3, -0.25) is 4.79 Å². The second-order valence-corrected chi connectivity index (χ2v) is 13.8. The quantitative estimate of drug-likeness (QED) is 0.0406. The zero-order chi connectivity index (χ0) is 33.1. The summed E-state index contributed by atoms with van der Waals surface area (Å²) in [4.78, 5) is 12.4. The number of carbonyl (C=O) groups excluding carboxylic acids is 1. The Morgan fingerprint density at radius 1 is 0.533 bits per heavy atom. The minimum Gasteiger partial charge on any atom is -0.394 e. The lowest BCUT2D eigenvalue weighted by molar-refractivity contribution is -0.124. The van der Waals surface area contributed by atoms with Crippen molar-refractivity contribution in [3.63, 3.8) is 0 Å². The van der Waals surface area contributed by atoms with E-state index in [4.69, 9.17) is 0 Å². The highest BCUT2D eigenvalue weighted by atomic mass is 16.3. The standard InChI is InChI=1S/C40H79NO4/c1-3-5-7-9-11-13-15-16-17-18-19-20-21-22-23-25-27-29-31-33-35-39(44)41-37(36-42)40(45)38(43)34-32-30-28-26-24-14-12-10-8-6-4-2/h19-20,37-38,40,42-43,45H,3-18,21-36H2,1-2H3,(H,41,44)/b20-19-. The molecule has 0 aromatic carbocycles. The molecule has 3 unspecified atom stereocenters. The number of carbonyl (C=O) groups is 1. The third-order valence-corrected chi connectivity index (χ3v) is 9.37. The summed E-state index contributed by atoms with van der Waals surface area (Å²) in [6.07, 6.45) is 40.2. The first-order valence-electron chi connectivity index (χ1n) is 20.0. The molecule has 0 fully saturated rings. The lowest BCUT2D eigenvalue weighted by atomic mass is 9.99. The van der Waals surface area contributed by atoms with Crippen molar-refractivity contribution in [1.29, 1.82) is 0 Å². The number of unbranched alkanes of at least 4 members (excludes halogenated alkanes) is 26. The first-order chi connectivity index (χ1) is 22.1. The van der Waals surface area contributed by atoms with Crippen LogP contribution in [0.3, 0.4) is 0 Å². The van der Waals surface area contributed by atoms with Crippen molar-refractivity contribution in [1.82, 2.24) is 5.32 Å². The van der Waals surface area contributed by atoms with Gasteiger partial charge >= 0.3 is 0 Å². The fourth-order valence-corrected chi connectivity index (χ4v) is 6.21. The van der Waals surface area contributed by atoms with Gasteiger partial charge in [-0.05, 0) is 38.5 Å². The summed E-state index contributed by atoms with van der Waals surface area (Å²) in [6, 6.07) is -0.806. The minimum atomic E-state index is -1.13. The maximum atomic E-state index is 12.4. The van der Waals surface area contributed by atoms with Gasteiger partial charge in [-0.15, -0.1) is 0 Å². The van der Waals surface area contributed by atoms with Gasteiger partial charge in [0.2, 0.25) is 5.91 Å². The van der Waals surface area contributed by atoms with E-state index in [1.807, 2.05) is 0 Å². The third-order valence-electron chi connectivity index (χ3n) is 9.37. The lowest BCUT2D eigenvalue weighted by Crippen LogP contribution is -2.50. The number of hydrogen-bond acceptors (Lipinski definition) is 4. The van der Waals surface area contributed by atoms with Gasteiger partial charge in [0.15, 0.2) is 0 Å². The van der Waals surface area contributed by atoms with Crippen LogP contribution in [-0.4, -0.2) is 46.1 Å². The highest BCUT2D eigenvalue weighted by molar-refractivity contribution is 5.76. The Hall–Kier alpha value is -0.910. The molecule has 268 valence electrons. The highest BCUT2D eigenvalue weighted by Crippen LogP contribution is 2.15. The molecule has 0 spiro atoms. The molecule has 0 aliphatic heterocycles. The fraction of sp³-hybridized carbons (Fsp3) is 0.925. The normalized spacial score (nSPS) is 13.8. The van der Waals surface area contributed by atoms with Gasteiger partial charge in [0.05, 0.1) is 18.8 Å². The second-order valence-electron chi connectivity index (χ2n) is 13.8. The van der Waals surface area contributed by atoms with Crippen molar-refractivity contribution in [3.05, 3.63) is 12.2 Å². The lowest BCUT2D eigenvalue weighted by Gasteiger charge is -2.26. The van der Waals surface area contributed by atoms with Crippen LogP contribution in [0.1, 0.15) is 213 Å². The molecule has 0 saturated carbocycles. The Labute approximate surface area is 280 Å². The van der Waals surface area contributed by atoms with Gasteiger partial charge in [0, 0.05) is 6.42 Å². The van der Waals surface area contributed by atoms with Crippen LogP contribution < -0.4 is 5.32 Å². The predicted octanol–water partition coefficient (Wildman–Crippen LogP) is 10.9. The molecule has 0 aliphatic rings. The largest absolute Gasteiger partial charge is 0.394 e. The van der Waals surface area contributed by atoms with E-state index >= 15 is 0 Å². The van der Waals surface area contributed by atoms with E-state index < -0.39 is 18.2 Å². The number of allylic oxidation sites excluding steroid dienone is 2. The summed E-state index contributed by atoms with van der Waals surface area (Å²) < 4.78 is 0. The summed E-state index contributed by atoms with van der Waals surface area (Å²) in [6.45, 7) is 4.16. The van der Waals surface area contributed by atoms with E-state index in [-0.39, 0.29) is 12.5 Å². The van der Waals surface area contributed by atoms with E-state index in [0.717, 1.165) is 38.5 Å². The third kappa shape index (κ3) is 31.5. The molecule has 0 bridgehead atoms. The summed E-state index contributed by atoms with van der Waals surface area (Å²) in [5.74, 6) is -0.149. The van der Waals surface area contributed by atoms with Crippen molar-refractivity contribution in [3.8, 4) is 0 Å². The van der Waals surface area contributed by atoms with E-state index in [0.29, 0.717) is 12.8 Å². The molecule has 0 aliphatic carbocycles. The van der Waals surface area contributed by atoms with Crippen molar-refractivity contribution in [2.75, 3.05) is 6.61 Å². The maximum absolute atomic E-state index is 12.4. The molecule has 1 amide bonds.